The third-order valence-corrected chi connectivity index (χ3v) is 1.98. The van der Waals surface area contributed by atoms with E-state index in [1.807, 2.05) is 0 Å². The van der Waals surface area contributed by atoms with E-state index in [0.717, 1.165) is 0 Å². The summed E-state index contributed by atoms with van der Waals surface area (Å²) in [5, 5.41) is 7.30. The van der Waals surface area contributed by atoms with E-state index in [0.29, 0.717) is 11.4 Å². The maximum absolute atomic E-state index is 11.1. The zero-order valence-corrected chi connectivity index (χ0v) is 9.21. The van der Waals surface area contributed by atoms with Gasteiger partial charge in [0.25, 0.3) is 0 Å². The van der Waals surface area contributed by atoms with Gasteiger partial charge in [0.2, 0.25) is 11.8 Å². The van der Waals surface area contributed by atoms with Crippen molar-refractivity contribution in [2.45, 2.75) is 0 Å². The Morgan fingerprint density at radius 3 is 2.88 bits per heavy atom. The lowest BCUT2D eigenvalue weighted by Crippen LogP contribution is -2.00. The van der Waals surface area contributed by atoms with Crippen LogP contribution in [0.1, 0.15) is 10.7 Å². The average molecular weight is 235 g/mol. The molecule has 0 saturated carbocycles. The Kier molecular flexibility index (Phi) is 2.99. The fourth-order valence-electron chi connectivity index (χ4n) is 1.16. The lowest BCUT2D eigenvalue weighted by molar-refractivity contribution is 0.0556. The van der Waals surface area contributed by atoms with Crippen LogP contribution in [0.3, 0.4) is 0 Å². The van der Waals surface area contributed by atoms with Gasteiger partial charge in [0.05, 0.1) is 14.2 Å². The molecule has 2 heterocycles. The fraction of sp³-hybridized carbons (Fsp3) is 0.200. The van der Waals surface area contributed by atoms with E-state index in [2.05, 4.69) is 19.9 Å². The molecule has 2 aromatic rings. The van der Waals surface area contributed by atoms with Crippen LogP contribution in [0.25, 0.3) is 11.5 Å². The molecule has 7 heteroatoms. The largest absolute Gasteiger partial charge is 0.481 e. The predicted molar refractivity (Wildman–Crippen MR) is 55.4 cm³/mol. The molecular weight excluding hydrogens is 226 g/mol. The third-order valence-electron chi connectivity index (χ3n) is 1.98. The van der Waals surface area contributed by atoms with E-state index < -0.39 is 5.97 Å². The number of rotatable bonds is 3. The number of pyridine rings is 1. The number of hydrogen-bond acceptors (Lipinski definition) is 7. The second-order valence-corrected chi connectivity index (χ2v) is 2.99. The predicted octanol–water partition coefficient (Wildman–Crippen LogP) is 0.927. The topological polar surface area (TPSA) is 87.3 Å². The van der Waals surface area contributed by atoms with E-state index in [1.165, 1.54) is 20.4 Å². The van der Waals surface area contributed by atoms with E-state index in [-0.39, 0.29) is 11.8 Å². The normalized spacial score (nSPS) is 10.0. The smallest absolute Gasteiger partial charge is 0.396 e. The van der Waals surface area contributed by atoms with Gasteiger partial charge in [0.1, 0.15) is 0 Å². The quantitative estimate of drug-likeness (QED) is 0.731. The summed E-state index contributed by atoms with van der Waals surface area (Å²) in [7, 11) is 2.74. The Morgan fingerprint density at radius 2 is 2.18 bits per heavy atom. The summed E-state index contributed by atoms with van der Waals surface area (Å²) in [6.07, 6.45) is 1.54. The molecule has 0 fully saturated rings. The Hall–Kier alpha value is -2.44. The Bertz CT molecular complexity index is 538. The molecule has 0 N–H and O–H groups in total. The number of methoxy groups -OCH3 is 2. The van der Waals surface area contributed by atoms with E-state index in [9.17, 15) is 4.79 Å². The summed E-state index contributed by atoms with van der Waals surface area (Å²) < 4.78 is 14.6. The average Bonchev–Trinajstić information content (AvgIpc) is 2.87. The number of aromatic nitrogens is 3. The first kappa shape index (κ1) is 11.1. The standard InChI is InChI=1S/C10H9N3O4/c1-15-7-5-6(3-4-11-7)8-12-13-9(17-8)10(14)16-2/h3-5H,1-2H3. The van der Waals surface area contributed by atoms with Gasteiger partial charge in [0.15, 0.2) is 0 Å². The van der Waals surface area contributed by atoms with Gasteiger partial charge in [0, 0.05) is 17.8 Å². The zero-order chi connectivity index (χ0) is 12.3. The van der Waals surface area contributed by atoms with Crippen LogP contribution in [0, 0.1) is 0 Å². The molecule has 0 spiro atoms. The summed E-state index contributed by atoms with van der Waals surface area (Å²) in [5.41, 5.74) is 0.611. The zero-order valence-electron chi connectivity index (χ0n) is 9.21. The molecule has 0 aliphatic rings. The number of ether oxygens (including phenoxy) is 2. The summed E-state index contributed by atoms with van der Waals surface area (Å²) in [6.45, 7) is 0. The van der Waals surface area contributed by atoms with Crippen LogP contribution in [-0.2, 0) is 4.74 Å². The van der Waals surface area contributed by atoms with Crippen molar-refractivity contribution in [1.82, 2.24) is 15.2 Å². The minimum absolute atomic E-state index is 0.196. The molecule has 0 saturated heterocycles. The van der Waals surface area contributed by atoms with Gasteiger partial charge >= 0.3 is 11.9 Å². The molecule has 88 valence electrons. The number of hydrogen-bond donors (Lipinski definition) is 0. The molecule has 0 aliphatic carbocycles. The molecule has 7 nitrogen and oxygen atoms in total. The van der Waals surface area contributed by atoms with Crippen molar-refractivity contribution in [3.05, 3.63) is 24.2 Å². The van der Waals surface area contributed by atoms with E-state index in [4.69, 9.17) is 9.15 Å². The van der Waals surface area contributed by atoms with E-state index >= 15 is 0 Å². The molecule has 0 aliphatic heterocycles. The fourth-order valence-corrected chi connectivity index (χ4v) is 1.16. The van der Waals surface area contributed by atoms with Crippen LogP contribution in [0.15, 0.2) is 22.7 Å². The summed E-state index contributed by atoms with van der Waals surface area (Å²) in [4.78, 5) is 15.1. The number of nitrogens with zero attached hydrogens (tertiary/aromatic N) is 3. The van der Waals surface area contributed by atoms with Crippen LogP contribution in [0.5, 0.6) is 5.88 Å². The van der Waals surface area contributed by atoms with Crippen molar-refractivity contribution in [2.75, 3.05) is 14.2 Å². The highest BCUT2D eigenvalue weighted by Crippen LogP contribution is 2.20. The van der Waals surface area contributed by atoms with Crippen LogP contribution >= 0.6 is 0 Å². The van der Waals surface area contributed by atoms with Gasteiger partial charge in [-0.15, -0.1) is 10.2 Å². The second kappa shape index (κ2) is 4.60. The highest BCUT2D eigenvalue weighted by Gasteiger charge is 2.16. The van der Waals surface area contributed by atoms with Crippen molar-refractivity contribution in [2.24, 2.45) is 0 Å². The highest BCUT2D eigenvalue weighted by molar-refractivity contribution is 5.84. The molecule has 0 bridgehead atoms. The van der Waals surface area contributed by atoms with Crippen molar-refractivity contribution in [3.8, 4) is 17.3 Å². The van der Waals surface area contributed by atoms with Gasteiger partial charge in [-0.1, -0.05) is 0 Å². The Morgan fingerprint density at radius 1 is 1.35 bits per heavy atom. The minimum Gasteiger partial charge on any atom is -0.481 e. The lowest BCUT2D eigenvalue weighted by atomic mass is 10.3. The van der Waals surface area contributed by atoms with Crippen molar-refractivity contribution in [1.29, 1.82) is 0 Å². The van der Waals surface area contributed by atoms with Crippen LogP contribution in [0.2, 0.25) is 0 Å². The van der Waals surface area contributed by atoms with Crippen LogP contribution < -0.4 is 4.74 Å². The molecule has 2 aromatic heterocycles. The summed E-state index contributed by atoms with van der Waals surface area (Å²) in [5.74, 6) is -0.255. The van der Waals surface area contributed by atoms with Crippen molar-refractivity contribution < 1.29 is 18.7 Å². The van der Waals surface area contributed by atoms with Gasteiger partial charge in [-0.2, -0.15) is 0 Å². The SMILES string of the molecule is COC(=O)c1nnc(-c2ccnc(OC)c2)o1. The molecule has 17 heavy (non-hydrogen) atoms. The van der Waals surface area contributed by atoms with Crippen molar-refractivity contribution in [3.63, 3.8) is 0 Å². The first-order chi connectivity index (χ1) is 8.24. The van der Waals surface area contributed by atoms with Gasteiger partial charge in [-0.05, 0) is 6.07 Å². The van der Waals surface area contributed by atoms with Crippen LogP contribution in [0.4, 0.5) is 0 Å². The molecular formula is C10H9N3O4. The second-order valence-electron chi connectivity index (χ2n) is 2.99. The first-order valence-corrected chi connectivity index (χ1v) is 4.67. The number of carbonyl (C=O) groups excluding carboxylic acids is 1. The number of esters is 1. The monoisotopic (exact) mass is 235 g/mol. The van der Waals surface area contributed by atoms with Crippen molar-refractivity contribution >= 4 is 5.97 Å². The maximum atomic E-state index is 11.1. The Labute approximate surface area is 96.4 Å². The summed E-state index contributed by atoms with van der Waals surface area (Å²) in [6, 6.07) is 3.28. The molecule has 0 amide bonds. The molecule has 2 rings (SSSR count). The maximum Gasteiger partial charge on any atom is 0.396 e. The van der Waals surface area contributed by atoms with Gasteiger partial charge < -0.3 is 13.9 Å². The molecule has 0 unspecified atom stereocenters. The first-order valence-electron chi connectivity index (χ1n) is 4.67. The van der Waals surface area contributed by atoms with Gasteiger partial charge in [-0.3, -0.25) is 0 Å². The van der Waals surface area contributed by atoms with Crippen LogP contribution in [-0.4, -0.2) is 35.4 Å². The summed E-state index contributed by atoms with van der Waals surface area (Å²) >= 11 is 0. The highest BCUT2D eigenvalue weighted by atomic mass is 16.5. The molecule has 0 radical (unpaired) electrons. The number of carbonyl (C=O) groups is 1. The third kappa shape index (κ3) is 2.22. The molecule has 0 aromatic carbocycles. The van der Waals surface area contributed by atoms with Gasteiger partial charge in [-0.25, -0.2) is 9.78 Å². The molecule has 0 atom stereocenters. The lowest BCUT2D eigenvalue weighted by Gasteiger charge is -1.98. The Balaban J connectivity index is 2.33. The minimum atomic E-state index is -0.676. The van der Waals surface area contributed by atoms with E-state index in [1.54, 1.807) is 12.1 Å².